The number of rotatable bonds is 5. The summed E-state index contributed by atoms with van der Waals surface area (Å²) in [5.74, 6) is 1.83. The molecule has 1 aliphatic carbocycles. The maximum atomic E-state index is 11.9. The molecule has 1 fully saturated rings. The largest absolute Gasteiger partial charge is 0.296 e. The molecule has 1 aromatic carbocycles. The Hall–Kier alpha value is -1.40. The van der Waals surface area contributed by atoms with Gasteiger partial charge < -0.3 is 0 Å². The molecule has 0 radical (unpaired) electrons. The summed E-state index contributed by atoms with van der Waals surface area (Å²) in [6, 6.07) is 9.12. The molecular formula is C13H13N3OS2. The van der Waals surface area contributed by atoms with Gasteiger partial charge in [-0.05, 0) is 30.9 Å². The quantitative estimate of drug-likeness (QED) is 0.678. The minimum atomic E-state index is -0.143. The van der Waals surface area contributed by atoms with Crippen LogP contribution in [0.3, 0.4) is 0 Å². The summed E-state index contributed by atoms with van der Waals surface area (Å²) in [6.07, 6.45) is 2.67. The Bertz CT molecular complexity index is 566. The van der Waals surface area contributed by atoms with E-state index in [0.29, 0.717) is 10.7 Å². The molecule has 0 saturated heterocycles. The fourth-order valence-corrected chi connectivity index (χ4v) is 3.51. The van der Waals surface area contributed by atoms with Gasteiger partial charge in [-0.15, -0.1) is 10.2 Å². The van der Waals surface area contributed by atoms with Crippen LogP contribution in [-0.2, 0) is 0 Å². The highest BCUT2D eigenvalue weighted by Crippen LogP contribution is 2.36. The normalized spacial score (nSPS) is 14.3. The summed E-state index contributed by atoms with van der Waals surface area (Å²) in [5.41, 5.74) is 0.630. The van der Waals surface area contributed by atoms with Crippen LogP contribution in [0.2, 0.25) is 0 Å². The predicted molar refractivity (Wildman–Crippen MR) is 77.8 cm³/mol. The molecule has 1 saturated carbocycles. The standard InChI is InChI=1S/C13H13N3OS2/c17-11(10-4-2-1-3-5-10)14-12-15-16-13(19-12)18-8-9-6-7-9/h1-5,9H,6-8H2,(H,14,15,17). The molecule has 1 heterocycles. The monoisotopic (exact) mass is 291 g/mol. The second-order valence-electron chi connectivity index (χ2n) is 4.45. The summed E-state index contributed by atoms with van der Waals surface area (Å²) >= 11 is 3.16. The average molecular weight is 291 g/mol. The van der Waals surface area contributed by atoms with E-state index < -0.39 is 0 Å². The van der Waals surface area contributed by atoms with E-state index in [1.54, 1.807) is 23.9 Å². The maximum Gasteiger partial charge on any atom is 0.257 e. The zero-order valence-electron chi connectivity index (χ0n) is 10.2. The van der Waals surface area contributed by atoms with Gasteiger partial charge >= 0.3 is 0 Å². The molecule has 3 rings (SSSR count). The van der Waals surface area contributed by atoms with Crippen LogP contribution >= 0.6 is 23.1 Å². The minimum Gasteiger partial charge on any atom is -0.296 e. The van der Waals surface area contributed by atoms with Gasteiger partial charge in [-0.25, -0.2) is 0 Å². The van der Waals surface area contributed by atoms with Crippen molar-refractivity contribution in [1.29, 1.82) is 0 Å². The first kappa shape index (κ1) is 12.6. The summed E-state index contributed by atoms with van der Waals surface area (Å²) in [6.45, 7) is 0. The number of thioether (sulfide) groups is 1. The predicted octanol–water partition coefficient (Wildman–Crippen LogP) is 3.29. The van der Waals surface area contributed by atoms with E-state index in [9.17, 15) is 4.79 Å². The second-order valence-corrected chi connectivity index (χ2v) is 6.69. The molecule has 0 bridgehead atoms. The van der Waals surface area contributed by atoms with E-state index >= 15 is 0 Å². The van der Waals surface area contributed by atoms with Gasteiger partial charge in [0.1, 0.15) is 0 Å². The lowest BCUT2D eigenvalue weighted by Crippen LogP contribution is -2.11. The van der Waals surface area contributed by atoms with Crippen molar-refractivity contribution in [2.24, 2.45) is 5.92 Å². The lowest BCUT2D eigenvalue weighted by Gasteiger charge is -1.99. The Labute approximate surface area is 119 Å². The van der Waals surface area contributed by atoms with Crippen molar-refractivity contribution < 1.29 is 4.79 Å². The molecule has 1 aliphatic rings. The molecule has 1 aromatic heterocycles. The Balaban J connectivity index is 1.58. The Morgan fingerprint density at radius 2 is 2.11 bits per heavy atom. The summed E-state index contributed by atoms with van der Waals surface area (Å²) in [5, 5.41) is 11.4. The molecule has 0 aliphatic heterocycles. The molecule has 4 nitrogen and oxygen atoms in total. The molecule has 0 unspecified atom stereocenters. The summed E-state index contributed by atoms with van der Waals surface area (Å²) < 4.78 is 0.926. The van der Waals surface area contributed by atoms with E-state index in [4.69, 9.17) is 0 Å². The van der Waals surface area contributed by atoms with Crippen LogP contribution in [0, 0.1) is 5.92 Å². The van der Waals surface area contributed by atoms with Gasteiger partial charge in [0.2, 0.25) is 5.13 Å². The highest BCUT2D eigenvalue weighted by atomic mass is 32.2. The minimum absolute atomic E-state index is 0.143. The maximum absolute atomic E-state index is 11.9. The van der Waals surface area contributed by atoms with E-state index in [0.717, 1.165) is 16.0 Å². The van der Waals surface area contributed by atoms with Crippen molar-refractivity contribution in [3.05, 3.63) is 35.9 Å². The van der Waals surface area contributed by atoms with Gasteiger partial charge in [-0.3, -0.25) is 10.1 Å². The molecule has 2 aromatic rings. The number of carbonyl (C=O) groups excluding carboxylic acids is 1. The lowest BCUT2D eigenvalue weighted by atomic mass is 10.2. The fraction of sp³-hybridized carbons (Fsp3) is 0.308. The number of hydrogen-bond donors (Lipinski definition) is 1. The third kappa shape index (κ3) is 3.54. The molecular weight excluding hydrogens is 278 g/mol. The average Bonchev–Trinajstić information content (AvgIpc) is 3.17. The number of amides is 1. The van der Waals surface area contributed by atoms with Gasteiger partial charge in [0.15, 0.2) is 4.34 Å². The molecule has 98 valence electrons. The van der Waals surface area contributed by atoms with Crippen molar-refractivity contribution in [2.75, 3.05) is 11.1 Å². The van der Waals surface area contributed by atoms with Crippen LogP contribution < -0.4 is 5.32 Å². The highest BCUT2D eigenvalue weighted by Gasteiger charge is 2.22. The van der Waals surface area contributed by atoms with E-state index in [1.807, 2.05) is 18.2 Å². The van der Waals surface area contributed by atoms with Gasteiger partial charge in [0.25, 0.3) is 5.91 Å². The van der Waals surface area contributed by atoms with Gasteiger partial charge in [0, 0.05) is 11.3 Å². The summed E-state index contributed by atoms with van der Waals surface area (Å²) in [7, 11) is 0. The van der Waals surface area contributed by atoms with E-state index in [2.05, 4.69) is 15.5 Å². The number of aromatic nitrogens is 2. The first-order chi connectivity index (χ1) is 9.31. The number of anilines is 1. The smallest absolute Gasteiger partial charge is 0.257 e. The van der Waals surface area contributed by atoms with Crippen LogP contribution in [0.25, 0.3) is 0 Å². The van der Waals surface area contributed by atoms with Crippen LogP contribution in [0.4, 0.5) is 5.13 Å². The van der Waals surface area contributed by atoms with Crippen molar-refractivity contribution >= 4 is 34.1 Å². The number of carbonyl (C=O) groups is 1. The van der Waals surface area contributed by atoms with Crippen molar-refractivity contribution in [2.45, 2.75) is 17.2 Å². The molecule has 1 N–H and O–H groups in total. The molecule has 0 spiro atoms. The van der Waals surface area contributed by atoms with E-state index in [1.165, 1.54) is 24.2 Å². The van der Waals surface area contributed by atoms with Gasteiger partial charge in [0.05, 0.1) is 0 Å². The number of benzene rings is 1. The first-order valence-electron chi connectivity index (χ1n) is 6.14. The topological polar surface area (TPSA) is 54.9 Å². The van der Waals surface area contributed by atoms with Gasteiger partial charge in [-0.2, -0.15) is 0 Å². The Morgan fingerprint density at radius 3 is 2.84 bits per heavy atom. The van der Waals surface area contributed by atoms with E-state index in [-0.39, 0.29) is 5.91 Å². The molecule has 1 amide bonds. The second kappa shape index (κ2) is 5.71. The van der Waals surface area contributed by atoms with Gasteiger partial charge in [-0.1, -0.05) is 41.3 Å². The summed E-state index contributed by atoms with van der Waals surface area (Å²) in [4.78, 5) is 11.9. The van der Waals surface area contributed by atoms with Crippen molar-refractivity contribution in [3.63, 3.8) is 0 Å². The van der Waals surface area contributed by atoms with Crippen LogP contribution in [0.15, 0.2) is 34.7 Å². The zero-order chi connectivity index (χ0) is 13.1. The van der Waals surface area contributed by atoms with Crippen LogP contribution in [0.1, 0.15) is 23.2 Å². The lowest BCUT2D eigenvalue weighted by molar-refractivity contribution is 0.102. The Kier molecular flexibility index (Phi) is 3.79. The third-order valence-corrected chi connectivity index (χ3v) is 5.01. The highest BCUT2D eigenvalue weighted by molar-refractivity contribution is 8.01. The van der Waals surface area contributed by atoms with Crippen LogP contribution in [0.5, 0.6) is 0 Å². The van der Waals surface area contributed by atoms with Crippen molar-refractivity contribution in [1.82, 2.24) is 10.2 Å². The molecule has 19 heavy (non-hydrogen) atoms. The molecule has 0 atom stereocenters. The fourth-order valence-electron chi connectivity index (χ4n) is 1.55. The SMILES string of the molecule is O=C(Nc1nnc(SCC2CC2)s1)c1ccccc1. The first-order valence-corrected chi connectivity index (χ1v) is 7.94. The van der Waals surface area contributed by atoms with Crippen LogP contribution in [-0.4, -0.2) is 21.9 Å². The number of nitrogens with zero attached hydrogens (tertiary/aromatic N) is 2. The number of nitrogens with one attached hydrogen (secondary N) is 1. The van der Waals surface area contributed by atoms with Crippen molar-refractivity contribution in [3.8, 4) is 0 Å². The Morgan fingerprint density at radius 1 is 1.32 bits per heavy atom. The molecule has 6 heteroatoms. The third-order valence-electron chi connectivity index (χ3n) is 2.80. The zero-order valence-corrected chi connectivity index (χ0v) is 11.8. The number of hydrogen-bond acceptors (Lipinski definition) is 5.